The second-order valence-corrected chi connectivity index (χ2v) is 16.8. The van der Waals surface area contributed by atoms with Gasteiger partial charge in [0.05, 0.1) is 16.7 Å². The van der Waals surface area contributed by atoms with Crippen LogP contribution in [0.5, 0.6) is 0 Å². The van der Waals surface area contributed by atoms with Crippen LogP contribution >= 0.6 is 0 Å². The summed E-state index contributed by atoms with van der Waals surface area (Å²) in [7, 11) is 0. The monoisotopic (exact) mass is 829 g/mol. The van der Waals surface area contributed by atoms with Gasteiger partial charge in [-0.05, 0) is 111 Å². The first-order chi connectivity index (χ1) is 32.2. The van der Waals surface area contributed by atoms with E-state index in [-0.39, 0.29) is 0 Å². The average Bonchev–Trinajstić information content (AvgIpc) is 3.92. The Morgan fingerprint density at radius 2 is 0.954 bits per heavy atom. The zero-order valence-corrected chi connectivity index (χ0v) is 35.3. The van der Waals surface area contributed by atoms with Gasteiger partial charge in [-0.25, -0.2) is 0 Å². The summed E-state index contributed by atoms with van der Waals surface area (Å²) in [6, 6.07) is 80.9. The molecule has 3 aromatic heterocycles. The molecule has 0 saturated heterocycles. The molecule has 0 unspecified atom stereocenters. The van der Waals surface area contributed by atoms with Crippen LogP contribution in [0, 0.1) is 0 Å². The van der Waals surface area contributed by atoms with Crippen LogP contribution in [-0.2, 0) is 0 Å². The van der Waals surface area contributed by atoms with Gasteiger partial charge < -0.3 is 13.9 Å². The van der Waals surface area contributed by atoms with Crippen molar-refractivity contribution in [2.75, 3.05) is 4.90 Å². The molecule has 0 N–H and O–H groups in total. The smallest absolute Gasteiger partial charge is 0.146 e. The maximum Gasteiger partial charge on any atom is 0.146 e. The van der Waals surface area contributed by atoms with E-state index in [1.165, 1.54) is 54.5 Å². The van der Waals surface area contributed by atoms with Gasteiger partial charge in [-0.2, -0.15) is 0 Å². The molecule has 0 bridgehead atoms. The van der Waals surface area contributed by atoms with Gasteiger partial charge in [-0.15, -0.1) is 0 Å². The number of hydrogen-bond acceptors (Lipinski definition) is 3. The number of furan rings is 1. The largest absolute Gasteiger partial charge is 0.455 e. The van der Waals surface area contributed by atoms with E-state index < -0.39 is 0 Å². The van der Waals surface area contributed by atoms with Gasteiger partial charge in [-0.1, -0.05) is 158 Å². The molecule has 0 atom stereocenters. The second-order valence-electron chi connectivity index (χ2n) is 16.8. The van der Waals surface area contributed by atoms with Crippen LogP contribution in [0.2, 0.25) is 0 Å². The van der Waals surface area contributed by atoms with Gasteiger partial charge in [0.1, 0.15) is 11.2 Å². The maximum absolute atomic E-state index is 6.44. The molecule has 0 saturated carbocycles. The number of nitrogens with zero attached hydrogens (tertiary/aromatic N) is 3. The third-order valence-electron chi connectivity index (χ3n) is 13.0. The summed E-state index contributed by atoms with van der Waals surface area (Å²) < 4.78 is 8.88. The lowest BCUT2D eigenvalue weighted by atomic mass is 9.96. The van der Waals surface area contributed by atoms with Crippen molar-refractivity contribution in [3.05, 3.63) is 237 Å². The maximum atomic E-state index is 6.44. The number of anilines is 3. The van der Waals surface area contributed by atoms with Crippen LogP contribution in [-0.4, -0.2) is 9.55 Å². The van der Waals surface area contributed by atoms with Crippen molar-refractivity contribution >= 4 is 82.4 Å². The molecule has 0 aliphatic rings. The van der Waals surface area contributed by atoms with Crippen molar-refractivity contribution in [3.63, 3.8) is 0 Å². The van der Waals surface area contributed by atoms with Crippen LogP contribution in [0.4, 0.5) is 17.1 Å². The van der Waals surface area contributed by atoms with Gasteiger partial charge in [0.15, 0.2) is 0 Å². The third kappa shape index (κ3) is 6.11. The first kappa shape index (κ1) is 36.9. The number of benzene rings is 10. The van der Waals surface area contributed by atoms with E-state index in [9.17, 15) is 0 Å². The zero-order chi connectivity index (χ0) is 42.8. The van der Waals surface area contributed by atoms with Gasteiger partial charge in [0.25, 0.3) is 0 Å². The standard InChI is InChI=1S/C61H39N3O/c1-2-14-40(15-3-1)53-37-48(34-45-18-6-7-19-49(45)53)63(47-32-28-42(29-33-47)55-38-62-39-56-52-22-10-13-25-60(52)65-61(55)56)46-30-26-41(27-31-46)50-20-8-11-23-57(50)64-58-24-12-9-21-51(58)54-35-43-16-4-5-17-44(43)36-59(54)64/h1-39H. The molecule has 0 radical (unpaired) electrons. The third-order valence-corrected chi connectivity index (χ3v) is 13.0. The topological polar surface area (TPSA) is 34.2 Å². The second kappa shape index (κ2) is 15.0. The van der Waals surface area contributed by atoms with Crippen LogP contribution < -0.4 is 4.90 Å². The molecule has 10 aromatic carbocycles. The molecule has 0 aliphatic heterocycles. The normalized spacial score (nSPS) is 11.7. The highest BCUT2D eigenvalue weighted by molar-refractivity contribution is 6.14. The molecule has 65 heavy (non-hydrogen) atoms. The SMILES string of the molecule is c1ccc(-c2cc(N(c3ccc(-c4ccccc4-n4c5ccccc5c5cc6ccccc6cc54)cc3)c3ccc(-c4cncc5c4oc4ccccc45)cc3)cc3ccccc23)cc1. The van der Waals surface area contributed by atoms with E-state index in [0.717, 1.165) is 66.9 Å². The predicted molar refractivity (Wildman–Crippen MR) is 272 cm³/mol. The minimum absolute atomic E-state index is 0.845. The van der Waals surface area contributed by atoms with Gasteiger partial charge in [0.2, 0.25) is 0 Å². The lowest BCUT2D eigenvalue weighted by molar-refractivity contribution is 0.669. The summed E-state index contributed by atoms with van der Waals surface area (Å²) >= 11 is 0. The number of hydrogen-bond donors (Lipinski definition) is 0. The van der Waals surface area contributed by atoms with E-state index in [1.807, 2.05) is 30.6 Å². The minimum atomic E-state index is 0.845. The molecule has 3 heterocycles. The summed E-state index contributed by atoms with van der Waals surface area (Å²) in [5.74, 6) is 0. The van der Waals surface area contributed by atoms with Crippen molar-refractivity contribution in [2.45, 2.75) is 0 Å². The fourth-order valence-electron chi connectivity index (χ4n) is 9.98. The number of fused-ring (bicyclic) bond motifs is 8. The Balaban J connectivity index is 0.961. The van der Waals surface area contributed by atoms with E-state index in [0.29, 0.717) is 0 Å². The molecule has 0 spiro atoms. The zero-order valence-electron chi connectivity index (χ0n) is 35.3. The average molecular weight is 830 g/mol. The van der Waals surface area contributed by atoms with Crippen LogP contribution in [0.15, 0.2) is 241 Å². The lowest BCUT2D eigenvalue weighted by Gasteiger charge is -2.27. The molecule has 304 valence electrons. The van der Waals surface area contributed by atoms with Crippen molar-refractivity contribution in [1.82, 2.24) is 9.55 Å². The Labute approximate surface area is 375 Å². The highest BCUT2D eigenvalue weighted by Crippen LogP contribution is 2.44. The fraction of sp³-hybridized carbons (Fsp3) is 0. The summed E-state index contributed by atoms with van der Waals surface area (Å²) in [5, 5.41) is 9.45. The van der Waals surface area contributed by atoms with E-state index in [1.54, 1.807) is 0 Å². The van der Waals surface area contributed by atoms with E-state index in [2.05, 4.69) is 221 Å². The highest BCUT2D eigenvalue weighted by atomic mass is 16.3. The molecule has 0 aliphatic carbocycles. The Kier molecular flexibility index (Phi) is 8.50. The van der Waals surface area contributed by atoms with E-state index in [4.69, 9.17) is 4.42 Å². The van der Waals surface area contributed by atoms with Crippen molar-refractivity contribution in [2.24, 2.45) is 0 Å². The number of para-hydroxylation sites is 3. The summed E-state index contributed by atoms with van der Waals surface area (Å²) in [6.07, 6.45) is 3.81. The Morgan fingerprint density at radius 3 is 1.74 bits per heavy atom. The quantitative estimate of drug-likeness (QED) is 0.160. The van der Waals surface area contributed by atoms with Crippen LogP contribution in [0.25, 0.3) is 104 Å². The molecule has 0 amide bonds. The van der Waals surface area contributed by atoms with Crippen molar-refractivity contribution in [1.29, 1.82) is 0 Å². The highest BCUT2D eigenvalue weighted by Gasteiger charge is 2.20. The first-order valence-corrected chi connectivity index (χ1v) is 22.1. The fourth-order valence-corrected chi connectivity index (χ4v) is 9.98. The Hall–Kier alpha value is -8.73. The molecule has 4 heteroatoms. The van der Waals surface area contributed by atoms with Gasteiger partial charge in [-0.3, -0.25) is 4.98 Å². The molecule has 4 nitrogen and oxygen atoms in total. The van der Waals surface area contributed by atoms with Crippen molar-refractivity contribution in [3.8, 4) is 39.1 Å². The van der Waals surface area contributed by atoms with Crippen LogP contribution in [0.1, 0.15) is 0 Å². The van der Waals surface area contributed by atoms with Gasteiger partial charge >= 0.3 is 0 Å². The summed E-state index contributed by atoms with van der Waals surface area (Å²) in [6.45, 7) is 0. The summed E-state index contributed by atoms with van der Waals surface area (Å²) in [5.41, 5.74) is 15.1. The molecule has 13 aromatic rings. The number of rotatable bonds is 7. The Bertz CT molecular complexity index is 3940. The van der Waals surface area contributed by atoms with Gasteiger partial charge in [0, 0.05) is 62.1 Å². The predicted octanol–water partition coefficient (Wildman–Crippen LogP) is 16.9. The molecule has 13 rings (SSSR count). The van der Waals surface area contributed by atoms with E-state index >= 15 is 0 Å². The first-order valence-electron chi connectivity index (χ1n) is 22.1. The molecule has 0 fully saturated rings. The molecular formula is C61H39N3O. The minimum Gasteiger partial charge on any atom is -0.455 e. The number of pyridine rings is 1. The number of aromatic nitrogens is 2. The van der Waals surface area contributed by atoms with Crippen LogP contribution in [0.3, 0.4) is 0 Å². The van der Waals surface area contributed by atoms with Crippen molar-refractivity contribution < 1.29 is 4.42 Å². The lowest BCUT2D eigenvalue weighted by Crippen LogP contribution is -2.10. The molecular weight excluding hydrogens is 791 g/mol. The Morgan fingerprint density at radius 1 is 0.354 bits per heavy atom. The summed E-state index contributed by atoms with van der Waals surface area (Å²) in [4.78, 5) is 7.03.